The fourth-order valence-electron chi connectivity index (χ4n) is 2.23. The van der Waals surface area contributed by atoms with Crippen LogP contribution in [0.4, 0.5) is 5.00 Å². The zero-order valence-electron chi connectivity index (χ0n) is 13.3. The summed E-state index contributed by atoms with van der Waals surface area (Å²) in [6, 6.07) is 0.346. The van der Waals surface area contributed by atoms with Crippen molar-refractivity contribution in [1.29, 1.82) is 0 Å². The molecule has 1 aromatic rings. The van der Waals surface area contributed by atoms with Gasteiger partial charge in [-0.3, -0.25) is 0 Å². The highest BCUT2D eigenvalue weighted by Crippen LogP contribution is 2.33. The molecule has 0 fully saturated rings. The summed E-state index contributed by atoms with van der Waals surface area (Å²) >= 11 is 6.89. The van der Waals surface area contributed by atoms with Crippen molar-refractivity contribution in [1.82, 2.24) is 5.32 Å². The van der Waals surface area contributed by atoms with E-state index in [2.05, 4.69) is 24.5 Å². The molecule has 0 radical (unpaired) electrons. The number of carbonyl (C=O) groups excluding carboxylic acids is 1. The Bertz CT molecular complexity index is 508. The lowest BCUT2D eigenvalue weighted by atomic mass is 10.1. The van der Waals surface area contributed by atoms with Crippen molar-refractivity contribution >= 4 is 39.6 Å². The molecule has 1 aromatic heterocycles. The third kappa shape index (κ3) is 4.41. The van der Waals surface area contributed by atoms with Gasteiger partial charge in [-0.05, 0) is 44.0 Å². The molecule has 4 nitrogen and oxygen atoms in total. The van der Waals surface area contributed by atoms with Crippen LogP contribution in [0.15, 0.2) is 0 Å². The van der Waals surface area contributed by atoms with E-state index >= 15 is 0 Å². The Labute approximate surface area is 136 Å². The zero-order chi connectivity index (χ0) is 16.0. The third-order valence-electron chi connectivity index (χ3n) is 3.50. The Hall–Kier alpha value is -1.14. The van der Waals surface area contributed by atoms with Gasteiger partial charge in [0.25, 0.3) is 0 Å². The van der Waals surface area contributed by atoms with Crippen molar-refractivity contribution in [2.24, 2.45) is 0 Å². The Kier molecular flexibility index (Phi) is 7.11. The fraction of sp³-hybridized carbons (Fsp3) is 0.600. The Morgan fingerprint density at radius 2 is 1.95 bits per heavy atom. The number of carbonyl (C=O) groups is 1. The number of nitrogens with one attached hydrogen (secondary N) is 2. The maximum Gasteiger partial charge on any atom is 0.341 e. The van der Waals surface area contributed by atoms with Crippen LogP contribution in [0.5, 0.6) is 0 Å². The van der Waals surface area contributed by atoms with E-state index in [0.29, 0.717) is 16.7 Å². The minimum absolute atomic E-state index is 0.316. The summed E-state index contributed by atoms with van der Waals surface area (Å²) in [5.74, 6) is -0.316. The average Bonchev–Trinajstić information content (AvgIpc) is 2.79. The van der Waals surface area contributed by atoms with E-state index in [0.717, 1.165) is 34.7 Å². The molecule has 2 N–H and O–H groups in total. The number of thiophene rings is 1. The van der Waals surface area contributed by atoms with Crippen LogP contribution >= 0.6 is 23.6 Å². The normalized spacial score (nSPS) is 10.6. The van der Waals surface area contributed by atoms with Gasteiger partial charge in [0.2, 0.25) is 0 Å². The molecule has 0 saturated carbocycles. The minimum Gasteiger partial charge on any atom is -0.465 e. The molecule has 118 valence electrons. The van der Waals surface area contributed by atoms with Crippen molar-refractivity contribution in [2.45, 2.75) is 53.0 Å². The summed E-state index contributed by atoms with van der Waals surface area (Å²) in [6.07, 6.45) is 2.80. The second kappa shape index (κ2) is 8.34. The molecule has 0 saturated heterocycles. The van der Waals surface area contributed by atoms with Gasteiger partial charge in [-0.2, -0.15) is 0 Å². The maximum atomic E-state index is 12.0. The van der Waals surface area contributed by atoms with Gasteiger partial charge in [0.15, 0.2) is 5.11 Å². The quantitative estimate of drug-likeness (QED) is 0.613. The van der Waals surface area contributed by atoms with Gasteiger partial charge in [0.1, 0.15) is 5.00 Å². The van der Waals surface area contributed by atoms with Crippen LogP contribution in [0.2, 0.25) is 0 Å². The summed E-state index contributed by atoms with van der Waals surface area (Å²) < 4.78 is 4.90. The molecular formula is C15H24N2O2S2. The molecule has 0 aliphatic heterocycles. The largest absolute Gasteiger partial charge is 0.465 e. The van der Waals surface area contributed by atoms with Gasteiger partial charge in [-0.15, -0.1) is 11.3 Å². The molecule has 1 heterocycles. The first-order chi connectivity index (χ1) is 9.98. The Balaban J connectivity index is 2.97. The highest BCUT2D eigenvalue weighted by atomic mass is 32.1. The predicted molar refractivity (Wildman–Crippen MR) is 93.5 cm³/mol. The molecule has 0 atom stereocenters. The fourth-order valence-corrected chi connectivity index (χ4v) is 3.70. The molecule has 0 amide bonds. The van der Waals surface area contributed by atoms with E-state index in [9.17, 15) is 4.79 Å². The van der Waals surface area contributed by atoms with E-state index in [1.165, 1.54) is 7.11 Å². The summed E-state index contributed by atoms with van der Waals surface area (Å²) in [7, 11) is 1.40. The van der Waals surface area contributed by atoms with Gasteiger partial charge in [-0.1, -0.05) is 20.8 Å². The number of aryl methyl sites for hydroxylation is 1. The van der Waals surface area contributed by atoms with Crippen molar-refractivity contribution < 1.29 is 9.53 Å². The SMILES string of the molecule is CCc1c(C)sc(NC(=S)NC(CC)CC)c1C(=O)OC. The second-order valence-corrected chi connectivity index (χ2v) is 6.43. The highest BCUT2D eigenvalue weighted by Gasteiger charge is 2.22. The first-order valence-electron chi connectivity index (χ1n) is 7.26. The first-order valence-corrected chi connectivity index (χ1v) is 8.48. The number of esters is 1. The lowest BCUT2D eigenvalue weighted by molar-refractivity contribution is 0.0601. The monoisotopic (exact) mass is 328 g/mol. The first kappa shape index (κ1) is 17.9. The molecule has 21 heavy (non-hydrogen) atoms. The molecule has 0 bridgehead atoms. The lowest BCUT2D eigenvalue weighted by Gasteiger charge is -2.17. The third-order valence-corrected chi connectivity index (χ3v) is 4.78. The topological polar surface area (TPSA) is 50.4 Å². The number of anilines is 1. The molecule has 0 spiro atoms. The maximum absolute atomic E-state index is 12.0. The van der Waals surface area contributed by atoms with Crippen LogP contribution in [-0.4, -0.2) is 24.2 Å². The summed E-state index contributed by atoms with van der Waals surface area (Å²) in [5.41, 5.74) is 1.64. The summed E-state index contributed by atoms with van der Waals surface area (Å²) in [6.45, 7) is 8.28. The van der Waals surface area contributed by atoms with Gasteiger partial charge in [-0.25, -0.2) is 4.79 Å². The lowest BCUT2D eigenvalue weighted by Crippen LogP contribution is -2.37. The van der Waals surface area contributed by atoms with Gasteiger partial charge >= 0.3 is 5.97 Å². The van der Waals surface area contributed by atoms with Crippen LogP contribution in [0.1, 0.15) is 54.4 Å². The zero-order valence-corrected chi connectivity index (χ0v) is 15.0. The number of hydrogen-bond acceptors (Lipinski definition) is 4. The Morgan fingerprint density at radius 3 is 2.43 bits per heavy atom. The highest BCUT2D eigenvalue weighted by molar-refractivity contribution is 7.80. The molecule has 1 rings (SSSR count). The number of methoxy groups -OCH3 is 1. The molecule has 0 aromatic carbocycles. The minimum atomic E-state index is -0.316. The van der Waals surface area contributed by atoms with E-state index in [-0.39, 0.29) is 5.97 Å². The van der Waals surface area contributed by atoms with Crippen LogP contribution in [-0.2, 0) is 11.2 Å². The molecule has 0 aliphatic rings. The summed E-state index contributed by atoms with van der Waals surface area (Å²) in [4.78, 5) is 13.1. The van der Waals surface area contributed by atoms with E-state index in [4.69, 9.17) is 17.0 Å². The van der Waals surface area contributed by atoms with E-state index in [1.54, 1.807) is 11.3 Å². The number of thiocarbonyl (C=S) groups is 1. The molecule has 0 aliphatic carbocycles. The molecule has 0 unspecified atom stereocenters. The second-order valence-electron chi connectivity index (χ2n) is 4.80. The summed E-state index contributed by atoms with van der Waals surface area (Å²) in [5, 5.41) is 7.75. The van der Waals surface area contributed by atoms with Crippen molar-refractivity contribution in [3.05, 3.63) is 16.0 Å². The van der Waals surface area contributed by atoms with Crippen molar-refractivity contribution in [2.75, 3.05) is 12.4 Å². The van der Waals surface area contributed by atoms with E-state index < -0.39 is 0 Å². The van der Waals surface area contributed by atoms with Gasteiger partial charge in [0.05, 0.1) is 12.7 Å². The number of rotatable bonds is 6. The van der Waals surface area contributed by atoms with Crippen LogP contribution < -0.4 is 10.6 Å². The Morgan fingerprint density at radius 1 is 1.33 bits per heavy atom. The van der Waals surface area contributed by atoms with Crippen molar-refractivity contribution in [3.63, 3.8) is 0 Å². The predicted octanol–water partition coefficient (Wildman–Crippen LogP) is 3.88. The van der Waals surface area contributed by atoms with Crippen molar-refractivity contribution in [3.8, 4) is 0 Å². The standard InChI is InChI=1S/C15H24N2O2S2/c1-6-10(7-2)16-15(20)17-13-12(14(18)19-5)11(8-3)9(4)21-13/h10H,6-8H2,1-5H3,(H2,16,17,20). The number of hydrogen-bond donors (Lipinski definition) is 2. The average molecular weight is 329 g/mol. The van der Waals surface area contributed by atoms with Crippen LogP contribution in [0.3, 0.4) is 0 Å². The van der Waals surface area contributed by atoms with Gasteiger partial charge < -0.3 is 15.4 Å². The van der Waals surface area contributed by atoms with E-state index in [1.807, 2.05) is 13.8 Å². The molecular weight excluding hydrogens is 304 g/mol. The van der Waals surface area contributed by atoms with Gasteiger partial charge in [0, 0.05) is 10.9 Å². The molecule has 6 heteroatoms. The number of ether oxygens (including phenoxy) is 1. The van der Waals surface area contributed by atoms with Crippen LogP contribution in [0.25, 0.3) is 0 Å². The smallest absolute Gasteiger partial charge is 0.341 e. The van der Waals surface area contributed by atoms with Crippen LogP contribution in [0, 0.1) is 6.92 Å².